The molecule has 1 fully saturated rings. The summed E-state index contributed by atoms with van der Waals surface area (Å²) in [7, 11) is 0. The molecule has 0 aromatic heterocycles. The monoisotopic (exact) mass is 288 g/mol. The zero-order valence-electron chi connectivity index (χ0n) is 14.7. The Balaban J connectivity index is 2.26. The van der Waals surface area contributed by atoms with E-state index in [9.17, 15) is 0 Å². The lowest BCUT2D eigenvalue weighted by Crippen LogP contribution is -2.37. The van der Waals surface area contributed by atoms with Crippen molar-refractivity contribution in [1.29, 1.82) is 0 Å². The second kappa shape index (κ2) is 6.39. The van der Waals surface area contributed by atoms with Crippen LogP contribution in [0.4, 0.5) is 5.69 Å². The molecular weight excluding hydrogens is 256 g/mol. The number of anilines is 1. The summed E-state index contributed by atoms with van der Waals surface area (Å²) in [6, 6.07) is 7.63. The summed E-state index contributed by atoms with van der Waals surface area (Å²) in [6.07, 6.45) is 2.65. The number of nitrogens with one attached hydrogen (secondary N) is 1. The summed E-state index contributed by atoms with van der Waals surface area (Å²) >= 11 is 0. The molecule has 2 heteroatoms. The molecule has 1 aliphatic heterocycles. The smallest absolute Gasteiger partial charge is 0.0414 e. The van der Waals surface area contributed by atoms with Gasteiger partial charge in [0.15, 0.2) is 0 Å². The third-order valence-corrected chi connectivity index (χ3v) is 4.42. The number of benzene rings is 1. The predicted molar refractivity (Wildman–Crippen MR) is 93.0 cm³/mol. The summed E-state index contributed by atoms with van der Waals surface area (Å²) in [4.78, 5) is 2.64. The van der Waals surface area contributed by atoms with Gasteiger partial charge in [-0.25, -0.2) is 0 Å². The van der Waals surface area contributed by atoms with Crippen molar-refractivity contribution >= 4 is 5.69 Å². The summed E-state index contributed by atoms with van der Waals surface area (Å²) in [5, 5.41) is 3.65. The van der Waals surface area contributed by atoms with Gasteiger partial charge in [-0.1, -0.05) is 31.5 Å². The van der Waals surface area contributed by atoms with Crippen molar-refractivity contribution in [3.63, 3.8) is 0 Å². The normalized spacial score (nSPS) is 19.6. The minimum atomic E-state index is 0.156. The Morgan fingerprint density at radius 2 is 2.00 bits per heavy atom. The lowest BCUT2D eigenvalue weighted by Gasteiger charge is -2.32. The van der Waals surface area contributed by atoms with E-state index < -0.39 is 0 Å². The summed E-state index contributed by atoms with van der Waals surface area (Å²) in [6.45, 7) is 15.7. The molecule has 1 aromatic carbocycles. The Bertz CT molecular complexity index is 471. The summed E-state index contributed by atoms with van der Waals surface area (Å²) in [5.41, 5.74) is 4.39. The largest absolute Gasteiger partial charge is 0.368 e. The highest BCUT2D eigenvalue weighted by atomic mass is 15.2. The van der Waals surface area contributed by atoms with Gasteiger partial charge in [0.2, 0.25) is 0 Å². The number of nitrogens with zero attached hydrogens (tertiary/aromatic N) is 1. The van der Waals surface area contributed by atoms with Gasteiger partial charge in [-0.05, 0) is 58.1 Å². The van der Waals surface area contributed by atoms with Gasteiger partial charge in [-0.15, -0.1) is 0 Å². The molecule has 0 radical (unpaired) electrons. The molecule has 2 nitrogen and oxygen atoms in total. The highest BCUT2D eigenvalue weighted by Crippen LogP contribution is 2.32. The first-order valence-electron chi connectivity index (χ1n) is 8.39. The van der Waals surface area contributed by atoms with Gasteiger partial charge in [0, 0.05) is 30.4 Å². The fourth-order valence-corrected chi connectivity index (χ4v) is 3.28. The lowest BCUT2D eigenvalue weighted by molar-refractivity contribution is 0.423. The molecule has 1 aromatic rings. The molecule has 0 saturated carbocycles. The van der Waals surface area contributed by atoms with Gasteiger partial charge in [0.25, 0.3) is 0 Å². The Hall–Kier alpha value is -1.02. The van der Waals surface area contributed by atoms with Crippen LogP contribution in [0.25, 0.3) is 0 Å². The standard InChI is InChI=1S/C19H32N2/c1-14(2)17-8-7-11-21(17)18-10-9-15(3)12-16(18)13-20-19(4,5)6/h9-10,12,14,17,20H,7-8,11,13H2,1-6H3. The van der Waals surface area contributed by atoms with Crippen LogP contribution in [0.3, 0.4) is 0 Å². The Kier molecular flexibility index (Phi) is 4.98. The number of rotatable bonds is 4. The number of hydrogen-bond donors (Lipinski definition) is 1. The Labute approximate surface area is 130 Å². The maximum absolute atomic E-state index is 3.65. The summed E-state index contributed by atoms with van der Waals surface area (Å²) in [5.74, 6) is 0.720. The molecule has 0 spiro atoms. The van der Waals surface area contributed by atoms with Crippen LogP contribution < -0.4 is 10.2 Å². The van der Waals surface area contributed by atoms with Crippen LogP contribution in [0.1, 0.15) is 58.6 Å². The van der Waals surface area contributed by atoms with Crippen molar-refractivity contribution in [3.8, 4) is 0 Å². The van der Waals surface area contributed by atoms with E-state index in [1.54, 1.807) is 0 Å². The van der Waals surface area contributed by atoms with Gasteiger partial charge in [0.05, 0.1) is 0 Å². The molecule has 118 valence electrons. The van der Waals surface area contributed by atoms with Crippen LogP contribution in [0.5, 0.6) is 0 Å². The van der Waals surface area contributed by atoms with E-state index in [2.05, 4.69) is 70.0 Å². The van der Waals surface area contributed by atoms with E-state index in [0.29, 0.717) is 6.04 Å². The SMILES string of the molecule is Cc1ccc(N2CCCC2C(C)C)c(CNC(C)(C)C)c1. The third kappa shape index (κ3) is 4.23. The average molecular weight is 288 g/mol. The average Bonchev–Trinajstić information content (AvgIpc) is 2.84. The third-order valence-electron chi connectivity index (χ3n) is 4.42. The highest BCUT2D eigenvalue weighted by molar-refractivity contribution is 5.56. The maximum Gasteiger partial charge on any atom is 0.0414 e. The van der Waals surface area contributed by atoms with Gasteiger partial charge in [-0.2, -0.15) is 0 Å². The molecule has 2 rings (SSSR count). The second-order valence-corrected chi connectivity index (χ2v) is 7.88. The molecule has 1 atom stereocenters. The van der Waals surface area contributed by atoms with Crippen molar-refractivity contribution in [2.45, 2.75) is 72.5 Å². The van der Waals surface area contributed by atoms with Crippen LogP contribution >= 0.6 is 0 Å². The molecule has 1 unspecified atom stereocenters. The topological polar surface area (TPSA) is 15.3 Å². The molecule has 1 aliphatic rings. The van der Waals surface area contributed by atoms with Crippen LogP contribution in [0.2, 0.25) is 0 Å². The first kappa shape index (κ1) is 16.4. The molecule has 21 heavy (non-hydrogen) atoms. The molecule has 0 aliphatic carbocycles. The zero-order valence-corrected chi connectivity index (χ0v) is 14.7. The van der Waals surface area contributed by atoms with Gasteiger partial charge >= 0.3 is 0 Å². The predicted octanol–water partition coefficient (Wildman–Crippen LogP) is 4.51. The van der Waals surface area contributed by atoms with Crippen LogP contribution in [-0.2, 0) is 6.54 Å². The lowest BCUT2D eigenvalue weighted by atomic mass is 10.00. The van der Waals surface area contributed by atoms with E-state index in [1.807, 2.05) is 0 Å². The second-order valence-electron chi connectivity index (χ2n) is 7.88. The molecule has 0 amide bonds. The van der Waals surface area contributed by atoms with Crippen LogP contribution in [0.15, 0.2) is 18.2 Å². The molecule has 1 saturated heterocycles. The quantitative estimate of drug-likeness (QED) is 0.877. The Morgan fingerprint density at radius 3 is 2.62 bits per heavy atom. The molecular formula is C19H32N2. The van der Waals surface area contributed by atoms with Crippen LogP contribution in [0, 0.1) is 12.8 Å². The fourth-order valence-electron chi connectivity index (χ4n) is 3.28. The zero-order chi connectivity index (χ0) is 15.6. The first-order chi connectivity index (χ1) is 9.78. The molecule has 1 heterocycles. The van der Waals surface area contributed by atoms with Gasteiger partial charge in [0.1, 0.15) is 0 Å². The molecule has 1 N–H and O–H groups in total. The van der Waals surface area contributed by atoms with Crippen molar-refractivity contribution in [3.05, 3.63) is 29.3 Å². The van der Waals surface area contributed by atoms with Crippen molar-refractivity contribution in [2.75, 3.05) is 11.4 Å². The van der Waals surface area contributed by atoms with E-state index in [0.717, 1.165) is 12.5 Å². The number of hydrogen-bond acceptors (Lipinski definition) is 2. The van der Waals surface area contributed by atoms with Crippen LogP contribution in [-0.4, -0.2) is 18.1 Å². The van der Waals surface area contributed by atoms with Crippen molar-refractivity contribution in [2.24, 2.45) is 5.92 Å². The van der Waals surface area contributed by atoms with E-state index in [1.165, 1.54) is 36.2 Å². The summed E-state index contributed by atoms with van der Waals surface area (Å²) < 4.78 is 0. The van der Waals surface area contributed by atoms with Crippen molar-refractivity contribution < 1.29 is 0 Å². The van der Waals surface area contributed by atoms with Gasteiger partial charge in [-0.3, -0.25) is 0 Å². The maximum atomic E-state index is 3.65. The molecule has 0 bridgehead atoms. The van der Waals surface area contributed by atoms with Crippen molar-refractivity contribution in [1.82, 2.24) is 5.32 Å². The minimum absolute atomic E-state index is 0.156. The Morgan fingerprint density at radius 1 is 1.29 bits per heavy atom. The first-order valence-corrected chi connectivity index (χ1v) is 8.39. The number of aryl methyl sites for hydroxylation is 1. The highest BCUT2D eigenvalue weighted by Gasteiger charge is 2.28. The van der Waals surface area contributed by atoms with Gasteiger partial charge < -0.3 is 10.2 Å². The van der Waals surface area contributed by atoms with E-state index in [4.69, 9.17) is 0 Å². The fraction of sp³-hybridized carbons (Fsp3) is 0.684. The minimum Gasteiger partial charge on any atom is -0.368 e. The van der Waals surface area contributed by atoms with E-state index >= 15 is 0 Å². The van der Waals surface area contributed by atoms with E-state index in [-0.39, 0.29) is 5.54 Å².